The molecule has 0 amide bonds. The maximum Gasteiger partial charge on any atom is 0.289 e. The number of hydrogen-bond acceptors (Lipinski definition) is 7. The Morgan fingerprint density at radius 2 is 1.68 bits per heavy atom. The van der Waals surface area contributed by atoms with E-state index in [-0.39, 0.29) is 17.3 Å². The van der Waals surface area contributed by atoms with Gasteiger partial charge in [0, 0.05) is 16.5 Å². The standard InChI is InChI=1S/C20H17N3O5/c1-25-15-9-12(10-16(26-2)18(15)27-3)17(24)20-23-22-19(28-20)14-8-11-6-4-5-7-13(11)21-14/h4-10,21H,1-3H3. The van der Waals surface area contributed by atoms with Gasteiger partial charge in [0.25, 0.3) is 11.8 Å². The van der Waals surface area contributed by atoms with Crippen LogP contribution in [0.2, 0.25) is 0 Å². The number of ketones is 1. The zero-order chi connectivity index (χ0) is 19.7. The highest BCUT2D eigenvalue weighted by atomic mass is 16.5. The van der Waals surface area contributed by atoms with Crippen LogP contribution in [0.15, 0.2) is 46.9 Å². The van der Waals surface area contributed by atoms with Gasteiger partial charge in [0.15, 0.2) is 11.5 Å². The molecule has 142 valence electrons. The van der Waals surface area contributed by atoms with Crippen LogP contribution in [0.3, 0.4) is 0 Å². The molecule has 0 atom stereocenters. The molecule has 0 saturated heterocycles. The molecule has 0 aliphatic heterocycles. The molecule has 4 aromatic rings. The average Bonchev–Trinajstić information content (AvgIpc) is 3.38. The number of ether oxygens (including phenoxy) is 3. The minimum atomic E-state index is -0.450. The van der Waals surface area contributed by atoms with E-state index in [9.17, 15) is 4.79 Å². The largest absolute Gasteiger partial charge is 0.493 e. The summed E-state index contributed by atoms with van der Waals surface area (Å²) in [7, 11) is 4.45. The number of methoxy groups -OCH3 is 3. The number of nitrogens with zero attached hydrogens (tertiary/aromatic N) is 2. The zero-order valence-electron chi connectivity index (χ0n) is 15.5. The first kappa shape index (κ1) is 17.6. The highest BCUT2D eigenvalue weighted by molar-refractivity contribution is 6.06. The van der Waals surface area contributed by atoms with Crippen molar-refractivity contribution < 1.29 is 23.4 Å². The molecule has 1 N–H and O–H groups in total. The van der Waals surface area contributed by atoms with E-state index in [1.165, 1.54) is 33.5 Å². The molecular weight excluding hydrogens is 362 g/mol. The van der Waals surface area contributed by atoms with Crippen molar-refractivity contribution in [1.29, 1.82) is 0 Å². The first-order valence-corrected chi connectivity index (χ1v) is 8.41. The van der Waals surface area contributed by atoms with Crippen LogP contribution in [0.25, 0.3) is 22.5 Å². The predicted octanol–water partition coefficient (Wildman–Crippen LogP) is 3.47. The lowest BCUT2D eigenvalue weighted by Crippen LogP contribution is -2.04. The predicted molar refractivity (Wildman–Crippen MR) is 101 cm³/mol. The number of carbonyl (C=O) groups excluding carboxylic acids is 1. The van der Waals surface area contributed by atoms with E-state index in [4.69, 9.17) is 18.6 Å². The van der Waals surface area contributed by atoms with Crippen LogP contribution in [0.4, 0.5) is 0 Å². The fraction of sp³-hybridized carbons (Fsp3) is 0.150. The molecule has 2 heterocycles. The van der Waals surface area contributed by atoms with Crippen molar-refractivity contribution in [2.45, 2.75) is 0 Å². The monoisotopic (exact) mass is 379 g/mol. The average molecular weight is 379 g/mol. The molecule has 0 aliphatic rings. The lowest BCUT2D eigenvalue weighted by atomic mass is 10.1. The molecule has 2 aromatic carbocycles. The first-order chi connectivity index (χ1) is 13.6. The number of hydrogen-bond donors (Lipinski definition) is 1. The highest BCUT2D eigenvalue weighted by Gasteiger charge is 2.23. The van der Waals surface area contributed by atoms with Gasteiger partial charge in [-0.05, 0) is 24.3 Å². The van der Waals surface area contributed by atoms with E-state index >= 15 is 0 Å². The molecule has 0 radical (unpaired) electrons. The topological polar surface area (TPSA) is 99.5 Å². The van der Waals surface area contributed by atoms with Crippen molar-refractivity contribution in [2.24, 2.45) is 0 Å². The second-order valence-electron chi connectivity index (χ2n) is 5.93. The van der Waals surface area contributed by atoms with E-state index in [1.807, 2.05) is 30.3 Å². The summed E-state index contributed by atoms with van der Waals surface area (Å²) in [5, 5.41) is 8.89. The Hall–Kier alpha value is -3.81. The molecule has 0 fully saturated rings. The van der Waals surface area contributed by atoms with Crippen molar-refractivity contribution in [2.75, 3.05) is 21.3 Å². The maximum atomic E-state index is 12.8. The van der Waals surface area contributed by atoms with Crippen molar-refractivity contribution in [3.05, 3.63) is 53.9 Å². The maximum absolute atomic E-state index is 12.8. The summed E-state index contributed by atoms with van der Waals surface area (Å²) < 4.78 is 21.4. The summed E-state index contributed by atoms with van der Waals surface area (Å²) in [6.07, 6.45) is 0. The highest BCUT2D eigenvalue weighted by Crippen LogP contribution is 2.38. The molecule has 4 rings (SSSR count). The Labute approximate surface area is 160 Å². The number of aromatic nitrogens is 3. The van der Waals surface area contributed by atoms with Gasteiger partial charge in [0.05, 0.1) is 21.3 Å². The fourth-order valence-electron chi connectivity index (χ4n) is 2.95. The molecule has 8 nitrogen and oxygen atoms in total. The van der Waals surface area contributed by atoms with Crippen LogP contribution in [-0.4, -0.2) is 42.3 Å². The van der Waals surface area contributed by atoms with Crippen LogP contribution in [0.5, 0.6) is 17.2 Å². The van der Waals surface area contributed by atoms with E-state index in [2.05, 4.69) is 15.2 Å². The Bertz CT molecular complexity index is 1100. The van der Waals surface area contributed by atoms with Crippen molar-refractivity contribution in [3.63, 3.8) is 0 Å². The van der Waals surface area contributed by atoms with Crippen LogP contribution in [-0.2, 0) is 0 Å². The summed E-state index contributed by atoms with van der Waals surface area (Å²) in [6, 6.07) is 12.7. The SMILES string of the molecule is COc1cc(C(=O)c2nnc(-c3cc4ccccc4[nH]3)o2)cc(OC)c1OC. The number of aromatic amines is 1. The summed E-state index contributed by atoms with van der Waals surface area (Å²) in [4.78, 5) is 16.0. The minimum absolute atomic E-state index is 0.136. The summed E-state index contributed by atoms with van der Waals surface area (Å²) >= 11 is 0. The lowest BCUT2D eigenvalue weighted by molar-refractivity contribution is 0.100. The quantitative estimate of drug-likeness (QED) is 0.512. The lowest BCUT2D eigenvalue weighted by Gasteiger charge is -2.13. The molecule has 0 unspecified atom stereocenters. The van der Waals surface area contributed by atoms with E-state index in [1.54, 1.807) is 0 Å². The van der Waals surface area contributed by atoms with Gasteiger partial charge in [0.1, 0.15) is 5.69 Å². The molecule has 0 spiro atoms. The number of benzene rings is 2. The molecule has 8 heteroatoms. The van der Waals surface area contributed by atoms with E-state index in [0.717, 1.165) is 10.9 Å². The number of para-hydroxylation sites is 1. The third kappa shape index (κ3) is 2.94. The number of fused-ring (bicyclic) bond motifs is 1. The Morgan fingerprint density at radius 1 is 0.964 bits per heavy atom. The van der Waals surface area contributed by atoms with Crippen LogP contribution in [0.1, 0.15) is 16.2 Å². The normalized spacial score (nSPS) is 10.8. The van der Waals surface area contributed by atoms with Gasteiger partial charge < -0.3 is 23.6 Å². The molecule has 0 aliphatic carbocycles. The van der Waals surface area contributed by atoms with Crippen LogP contribution < -0.4 is 14.2 Å². The van der Waals surface area contributed by atoms with Gasteiger partial charge in [0.2, 0.25) is 11.5 Å². The number of rotatable bonds is 6. The van der Waals surface area contributed by atoms with Gasteiger partial charge in [-0.15, -0.1) is 10.2 Å². The van der Waals surface area contributed by atoms with Gasteiger partial charge >= 0.3 is 0 Å². The smallest absolute Gasteiger partial charge is 0.289 e. The zero-order valence-corrected chi connectivity index (χ0v) is 15.5. The van der Waals surface area contributed by atoms with Crippen LogP contribution >= 0.6 is 0 Å². The molecule has 28 heavy (non-hydrogen) atoms. The van der Waals surface area contributed by atoms with Crippen molar-refractivity contribution >= 4 is 16.7 Å². The Balaban J connectivity index is 1.69. The van der Waals surface area contributed by atoms with Gasteiger partial charge in [-0.2, -0.15) is 0 Å². The first-order valence-electron chi connectivity index (χ1n) is 8.41. The van der Waals surface area contributed by atoms with Crippen LogP contribution in [0, 0.1) is 0 Å². The third-order valence-electron chi connectivity index (χ3n) is 4.31. The minimum Gasteiger partial charge on any atom is -0.493 e. The Kier molecular flexibility index (Phi) is 4.44. The van der Waals surface area contributed by atoms with E-state index in [0.29, 0.717) is 22.9 Å². The van der Waals surface area contributed by atoms with Gasteiger partial charge in [-0.3, -0.25) is 4.79 Å². The Morgan fingerprint density at radius 3 is 2.32 bits per heavy atom. The van der Waals surface area contributed by atoms with Crippen molar-refractivity contribution in [1.82, 2.24) is 15.2 Å². The molecule has 0 saturated carbocycles. The second kappa shape index (κ2) is 7.07. The number of nitrogens with one attached hydrogen (secondary N) is 1. The molecular formula is C20H17N3O5. The van der Waals surface area contributed by atoms with Gasteiger partial charge in [-0.25, -0.2) is 0 Å². The molecule has 0 bridgehead atoms. The van der Waals surface area contributed by atoms with Gasteiger partial charge in [-0.1, -0.05) is 18.2 Å². The third-order valence-corrected chi connectivity index (χ3v) is 4.31. The fourth-order valence-corrected chi connectivity index (χ4v) is 2.95. The summed E-state index contributed by atoms with van der Waals surface area (Å²) in [5.41, 5.74) is 1.85. The van der Waals surface area contributed by atoms with E-state index < -0.39 is 5.78 Å². The summed E-state index contributed by atoms with van der Waals surface area (Å²) in [5.74, 6) is 0.760. The summed E-state index contributed by atoms with van der Waals surface area (Å²) in [6.45, 7) is 0. The molecule has 2 aromatic heterocycles. The van der Waals surface area contributed by atoms with Crippen molar-refractivity contribution in [3.8, 4) is 28.8 Å². The number of H-pyrrole nitrogens is 1. The second-order valence-corrected chi connectivity index (χ2v) is 5.93. The number of carbonyl (C=O) groups is 1.